The van der Waals surface area contributed by atoms with Crippen LogP contribution in [0, 0.1) is 0 Å². The lowest BCUT2D eigenvalue weighted by Crippen LogP contribution is -2.08. The highest BCUT2D eigenvalue weighted by atomic mass is 79.9. The number of pyridine rings is 1. The predicted octanol–water partition coefficient (Wildman–Crippen LogP) is 2.81. The maximum Gasteiger partial charge on any atom is 0.340 e. The van der Waals surface area contributed by atoms with E-state index in [1.54, 1.807) is 19.1 Å². The van der Waals surface area contributed by atoms with Crippen LogP contribution in [0.1, 0.15) is 23.0 Å². The summed E-state index contributed by atoms with van der Waals surface area (Å²) in [6, 6.07) is 3.18. The van der Waals surface area contributed by atoms with Gasteiger partial charge in [0.05, 0.1) is 17.9 Å². The molecular weight excluding hydrogens is 269 g/mol. The van der Waals surface area contributed by atoms with Gasteiger partial charge in [0.15, 0.2) is 0 Å². The van der Waals surface area contributed by atoms with E-state index < -0.39 is 0 Å². The predicted molar refractivity (Wildman–Crippen MR) is 57.8 cm³/mol. The average Bonchev–Trinajstić information content (AvgIpc) is 2.17. The van der Waals surface area contributed by atoms with E-state index in [1.807, 2.05) is 0 Å². The maximum absolute atomic E-state index is 11.4. The monoisotopic (exact) mass is 277 g/mol. The zero-order chi connectivity index (χ0) is 10.6. The molecule has 0 radical (unpaired) electrons. The third-order valence-electron chi connectivity index (χ3n) is 1.56. The zero-order valence-corrected chi connectivity index (χ0v) is 9.93. The van der Waals surface area contributed by atoms with Crippen molar-refractivity contribution in [1.29, 1.82) is 0 Å². The highest BCUT2D eigenvalue weighted by Crippen LogP contribution is 2.15. The van der Waals surface area contributed by atoms with Crippen LogP contribution in [0.5, 0.6) is 0 Å². The molecule has 1 aromatic rings. The molecule has 0 aromatic carbocycles. The molecule has 0 saturated heterocycles. The number of carbonyl (C=O) groups is 1. The van der Waals surface area contributed by atoms with Crippen LogP contribution in [0.15, 0.2) is 12.1 Å². The van der Waals surface area contributed by atoms with Crippen LogP contribution in [-0.2, 0) is 10.1 Å². The minimum absolute atomic E-state index is 0.350. The number of hydrogen-bond donors (Lipinski definition) is 0. The van der Waals surface area contributed by atoms with Gasteiger partial charge in [-0.05, 0) is 19.1 Å². The standard InChI is InChI=1S/C9H9BrClNO2/c1-2-14-9(13)6-3-4-8(11)12-7(6)5-10/h3-4H,2,5H2,1H3. The number of rotatable bonds is 3. The molecule has 0 unspecified atom stereocenters. The number of ether oxygens (including phenoxy) is 1. The molecule has 0 aliphatic carbocycles. The van der Waals surface area contributed by atoms with Crippen molar-refractivity contribution in [2.45, 2.75) is 12.3 Å². The molecule has 1 aromatic heterocycles. The summed E-state index contributed by atoms with van der Waals surface area (Å²) in [5.74, 6) is -0.369. The molecule has 0 N–H and O–H groups in total. The summed E-state index contributed by atoms with van der Waals surface area (Å²) in [5.41, 5.74) is 1.05. The van der Waals surface area contributed by atoms with Crippen LogP contribution < -0.4 is 0 Å². The van der Waals surface area contributed by atoms with Gasteiger partial charge in [0.25, 0.3) is 0 Å². The Morgan fingerprint density at radius 2 is 2.36 bits per heavy atom. The van der Waals surface area contributed by atoms with E-state index >= 15 is 0 Å². The number of nitrogens with zero attached hydrogens (tertiary/aromatic N) is 1. The van der Waals surface area contributed by atoms with Crippen LogP contribution in [0.25, 0.3) is 0 Å². The number of halogens is 2. The lowest BCUT2D eigenvalue weighted by Gasteiger charge is -2.05. The van der Waals surface area contributed by atoms with Gasteiger partial charge < -0.3 is 4.74 Å². The van der Waals surface area contributed by atoms with Gasteiger partial charge in [-0.3, -0.25) is 0 Å². The van der Waals surface area contributed by atoms with Gasteiger partial charge in [0.1, 0.15) is 5.15 Å². The summed E-state index contributed by atoms with van der Waals surface area (Å²) in [6.07, 6.45) is 0. The van der Waals surface area contributed by atoms with Gasteiger partial charge in [0.2, 0.25) is 0 Å². The van der Waals surface area contributed by atoms with Crippen molar-refractivity contribution in [2.24, 2.45) is 0 Å². The molecule has 3 nitrogen and oxygen atoms in total. The molecule has 0 fully saturated rings. The lowest BCUT2D eigenvalue weighted by atomic mass is 10.2. The van der Waals surface area contributed by atoms with Crippen molar-refractivity contribution >= 4 is 33.5 Å². The second kappa shape index (κ2) is 5.32. The first-order valence-corrected chi connectivity index (χ1v) is 5.57. The quantitative estimate of drug-likeness (QED) is 0.485. The molecule has 14 heavy (non-hydrogen) atoms. The Balaban J connectivity index is 3.01. The lowest BCUT2D eigenvalue weighted by molar-refractivity contribution is 0.0525. The van der Waals surface area contributed by atoms with E-state index in [-0.39, 0.29) is 5.97 Å². The number of aromatic nitrogens is 1. The van der Waals surface area contributed by atoms with Gasteiger partial charge in [-0.2, -0.15) is 0 Å². The normalized spacial score (nSPS) is 9.93. The van der Waals surface area contributed by atoms with Crippen LogP contribution in [0.2, 0.25) is 5.15 Å². The van der Waals surface area contributed by atoms with Crippen LogP contribution >= 0.6 is 27.5 Å². The summed E-state index contributed by atoms with van der Waals surface area (Å²) in [7, 11) is 0. The molecule has 0 aliphatic heterocycles. The maximum atomic E-state index is 11.4. The third-order valence-corrected chi connectivity index (χ3v) is 2.30. The summed E-state index contributed by atoms with van der Waals surface area (Å²) < 4.78 is 4.87. The van der Waals surface area contributed by atoms with Crippen molar-refractivity contribution in [3.63, 3.8) is 0 Å². The molecule has 0 saturated carbocycles. The molecular formula is C9H9BrClNO2. The van der Waals surface area contributed by atoms with E-state index in [1.165, 1.54) is 0 Å². The molecule has 1 rings (SSSR count). The Labute approximate surface area is 95.6 Å². The van der Waals surface area contributed by atoms with Crippen molar-refractivity contribution < 1.29 is 9.53 Å². The molecule has 0 bridgehead atoms. The van der Waals surface area contributed by atoms with Crippen LogP contribution in [0.4, 0.5) is 0 Å². The summed E-state index contributed by atoms with van der Waals surface area (Å²) in [5, 5.41) is 0.842. The minimum Gasteiger partial charge on any atom is -0.462 e. The molecule has 0 spiro atoms. The Morgan fingerprint density at radius 1 is 1.64 bits per heavy atom. The smallest absolute Gasteiger partial charge is 0.340 e. The number of alkyl halides is 1. The first kappa shape index (κ1) is 11.5. The van der Waals surface area contributed by atoms with E-state index in [2.05, 4.69) is 20.9 Å². The molecule has 76 valence electrons. The Morgan fingerprint density at radius 3 is 2.93 bits per heavy atom. The van der Waals surface area contributed by atoms with Crippen molar-refractivity contribution in [3.8, 4) is 0 Å². The highest BCUT2D eigenvalue weighted by Gasteiger charge is 2.12. The van der Waals surface area contributed by atoms with Gasteiger partial charge in [-0.25, -0.2) is 9.78 Å². The summed E-state index contributed by atoms with van der Waals surface area (Å²) in [4.78, 5) is 15.4. The number of esters is 1. The third kappa shape index (κ3) is 2.69. The van der Waals surface area contributed by atoms with Crippen molar-refractivity contribution in [1.82, 2.24) is 4.98 Å². The Bertz CT molecular complexity index is 344. The van der Waals surface area contributed by atoms with E-state index in [4.69, 9.17) is 16.3 Å². The van der Waals surface area contributed by atoms with Gasteiger partial charge >= 0.3 is 5.97 Å². The van der Waals surface area contributed by atoms with E-state index in [9.17, 15) is 4.79 Å². The Hall–Kier alpha value is -0.610. The van der Waals surface area contributed by atoms with Crippen LogP contribution in [-0.4, -0.2) is 17.6 Å². The van der Waals surface area contributed by atoms with Gasteiger partial charge in [0, 0.05) is 5.33 Å². The van der Waals surface area contributed by atoms with Gasteiger partial charge in [-0.15, -0.1) is 0 Å². The summed E-state index contributed by atoms with van der Waals surface area (Å²) >= 11 is 8.93. The fourth-order valence-electron chi connectivity index (χ4n) is 0.971. The van der Waals surface area contributed by atoms with E-state index in [0.29, 0.717) is 28.3 Å². The molecule has 5 heteroatoms. The molecule has 1 heterocycles. The van der Waals surface area contributed by atoms with Crippen molar-refractivity contribution in [2.75, 3.05) is 6.61 Å². The number of carbonyl (C=O) groups excluding carboxylic acids is 1. The minimum atomic E-state index is -0.369. The second-order valence-electron chi connectivity index (χ2n) is 2.48. The zero-order valence-electron chi connectivity index (χ0n) is 7.59. The highest BCUT2D eigenvalue weighted by molar-refractivity contribution is 9.08. The number of hydrogen-bond acceptors (Lipinski definition) is 3. The molecule has 0 atom stereocenters. The average molecular weight is 279 g/mol. The van der Waals surface area contributed by atoms with Crippen molar-refractivity contribution in [3.05, 3.63) is 28.5 Å². The fraction of sp³-hybridized carbons (Fsp3) is 0.333. The van der Waals surface area contributed by atoms with E-state index in [0.717, 1.165) is 0 Å². The molecule has 0 aliphatic rings. The largest absolute Gasteiger partial charge is 0.462 e. The second-order valence-corrected chi connectivity index (χ2v) is 3.43. The summed E-state index contributed by atoms with van der Waals surface area (Å²) in [6.45, 7) is 2.11. The van der Waals surface area contributed by atoms with Gasteiger partial charge in [-0.1, -0.05) is 27.5 Å². The Kier molecular flexibility index (Phi) is 4.35. The fourth-order valence-corrected chi connectivity index (χ4v) is 1.56. The first-order chi connectivity index (χ1) is 6.69. The first-order valence-electron chi connectivity index (χ1n) is 4.07. The molecule has 0 amide bonds. The SMILES string of the molecule is CCOC(=O)c1ccc(Cl)nc1CBr. The topological polar surface area (TPSA) is 39.2 Å². The van der Waals surface area contributed by atoms with Crippen LogP contribution in [0.3, 0.4) is 0 Å².